The summed E-state index contributed by atoms with van der Waals surface area (Å²) in [4.78, 5) is 20.8. The van der Waals surface area contributed by atoms with Gasteiger partial charge in [-0.1, -0.05) is 24.3 Å². The highest BCUT2D eigenvalue weighted by molar-refractivity contribution is 5.91. The monoisotopic (exact) mass is 304 g/mol. The number of rotatable bonds is 3. The summed E-state index contributed by atoms with van der Waals surface area (Å²) in [5.41, 5.74) is 3.75. The number of esters is 1. The Morgan fingerprint density at radius 2 is 1.61 bits per heavy atom. The lowest BCUT2D eigenvalue weighted by atomic mass is 10.1. The van der Waals surface area contributed by atoms with Crippen molar-refractivity contribution in [1.29, 1.82) is 0 Å². The molecule has 0 N–H and O–H groups in total. The quantitative estimate of drug-likeness (QED) is 0.542. The van der Waals surface area contributed by atoms with Gasteiger partial charge in [0.15, 0.2) is 0 Å². The number of aryl methyl sites for hydroxylation is 2. The van der Waals surface area contributed by atoms with Crippen LogP contribution >= 0.6 is 0 Å². The molecule has 0 saturated carbocycles. The maximum absolute atomic E-state index is 12.3. The van der Waals surface area contributed by atoms with Crippen molar-refractivity contribution in [2.24, 2.45) is 0 Å². The van der Waals surface area contributed by atoms with Crippen LogP contribution in [0.5, 0.6) is 5.75 Å². The number of pyridine rings is 2. The highest BCUT2D eigenvalue weighted by Crippen LogP contribution is 2.23. The van der Waals surface area contributed by atoms with Crippen molar-refractivity contribution < 1.29 is 9.53 Å². The molecular weight excluding hydrogens is 288 g/mol. The van der Waals surface area contributed by atoms with E-state index in [0.717, 1.165) is 16.8 Å². The first-order valence-electron chi connectivity index (χ1n) is 7.31. The van der Waals surface area contributed by atoms with Crippen LogP contribution in [-0.2, 0) is 0 Å². The third-order valence-electron chi connectivity index (χ3n) is 3.53. The molecule has 3 aromatic rings. The van der Waals surface area contributed by atoms with Gasteiger partial charge in [0.25, 0.3) is 0 Å². The van der Waals surface area contributed by atoms with Gasteiger partial charge in [-0.3, -0.25) is 9.97 Å². The summed E-state index contributed by atoms with van der Waals surface area (Å²) in [6, 6.07) is 14.8. The van der Waals surface area contributed by atoms with Crippen molar-refractivity contribution in [3.05, 3.63) is 77.6 Å². The van der Waals surface area contributed by atoms with Crippen molar-refractivity contribution in [2.75, 3.05) is 0 Å². The Morgan fingerprint density at radius 3 is 2.22 bits per heavy atom. The normalized spacial score (nSPS) is 10.3. The van der Waals surface area contributed by atoms with E-state index in [0.29, 0.717) is 17.0 Å². The maximum atomic E-state index is 12.3. The Morgan fingerprint density at radius 1 is 0.870 bits per heavy atom. The number of benzene rings is 1. The first kappa shape index (κ1) is 14.9. The third kappa shape index (κ3) is 3.26. The van der Waals surface area contributed by atoms with Crippen LogP contribution in [0, 0.1) is 13.8 Å². The molecule has 114 valence electrons. The number of hydrogen-bond donors (Lipinski definition) is 0. The van der Waals surface area contributed by atoms with E-state index < -0.39 is 5.97 Å². The average molecular weight is 304 g/mol. The molecule has 4 heteroatoms. The van der Waals surface area contributed by atoms with E-state index in [1.165, 1.54) is 6.20 Å². The van der Waals surface area contributed by atoms with Crippen molar-refractivity contribution >= 4 is 5.97 Å². The molecule has 0 bridgehead atoms. The number of ether oxygens (including phenoxy) is 1. The fourth-order valence-corrected chi connectivity index (χ4v) is 2.29. The minimum Gasteiger partial charge on any atom is -0.422 e. The second-order valence-electron chi connectivity index (χ2n) is 5.26. The van der Waals surface area contributed by atoms with Crippen LogP contribution in [0.3, 0.4) is 0 Å². The van der Waals surface area contributed by atoms with Crippen molar-refractivity contribution in [3.63, 3.8) is 0 Å². The van der Waals surface area contributed by atoms with E-state index in [1.54, 1.807) is 18.3 Å². The lowest BCUT2D eigenvalue weighted by Crippen LogP contribution is -2.10. The van der Waals surface area contributed by atoms with E-state index in [-0.39, 0.29) is 0 Å². The van der Waals surface area contributed by atoms with Crippen LogP contribution in [0.15, 0.2) is 60.9 Å². The zero-order chi connectivity index (χ0) is 16.2. The Hall–Kier alpha value is -3.01. The number of para-hydroxylation sites is 1. The smallest absolute Gasteiger partial charge is 0.345 e. The Labute approximate surface area is 134 Å². The summed E-state index contributed by atoms with van der Waals surface area (Å²) in [5.74, 6) is 0.189. The van der Waals surface area contributed by atoms with Crippen molar-refractivity contribution in [3.8, 4) is 17.1 Å². The predicted molar refractivity (Wildman–Crippen MR) is 88.3 cm³/mol. The van der Waals surface area contributed by atoms with Gasteiger partial charge in [0.1, 0.15) is 5.75 Å². The summed E-state index contributed by atoms with van der Waals surface area (Å²) in [6.45, 7) is 3.83. The first-order valence-corrected chi connectivity index (χ1v) is 7.31. The predicted octanol–water partition coefficient (Wildman–Crippen LogP) is 3.98. The summed E-state index contributed by atoms with van der Waals surface area (Å²) >= 11 is 0. The minimum atomic E-state index is -0.414. The molecule has 1 aromatic carbocycles. The second kappa shape index (κ2) is 6.40. The fourth-order valence-electron chi connectivity index (χ4n) is 2.29. The van der Waals surface area contributed by atoms with Crippen LogP contribution in [0.4, 0.5) is 0 Å². The van der Waals surface area contributed by atoms with E-state index in [2.05, 4.69) is 9.97 Å². The van der Waals surface area contributed by atoms with Crippen molar-refractivity contribution in [1.82, 2.24) is 9.97 Å². The standard InChI is InChI=1S/C19H16N2O2/c1-13-6-5-7-14(2)18(13)23-19(22)15-9-10-17(21-12-15)16-8-3-4-11-20-16/h3-12H,1-2H3. The van der Waals surface area contributed by atoms with Crippen LogP contribution in [0.1, 0.15) is 21.5 Å². The van der Waals surface area contributed by atoms with E-state index in [9.17, 15) is 4.79 Å². The van der Waals surface area contributed by atoms with Gasteiger partial charge in [-0.15, -0.1) is 0 Å². The number of carbonyl (C=O) groups is 1. The maximum Gasteiger partial charge on any atom is 0.345 e. The molecule has 0 saturated heterocycles. The SMILES string of the molecule is Cc1cccc(C)c1OC(=O)c1ccc(-c2ccccn2)nc1. The van der Waals surface area contributed by atoms with E-state index >= 15 is 0 Å². The summed E-state index contributed by atoms with van der Waals surface area (Å²) < 4.78 is 5.51. The first-order chi connectivity index (χ1) is 11.1. The molecule has 0 aliphatic heterocycles. The number of carbonyl (C=O) groups excluding carboxylic acids is 1. The van der Waals surface area contributed by atoms with Crippen LogP contribution in [-0.4, -0.2) is 15.9 Å². The second-order valence-corrected chi connectivity index (χ2v) is 5.26. The number of hydrogen-bond acceptors (Lipinski definition) is 4. The molecule has 4 nitrogen and oxygen atoms in total. The van der Waals surface area contributed by atoms with Crippen LogP contribution in [0.25, 0.3) is 11.4 Å². The molecule has 0 radical (unpaired) electrons. The number of nitrogens with zero attached hydrogens (tertiary/aromatic N) is 2. The van der Waals surface area contributed by atoms with Crippen LogP contribution < -0.4 is 4.74 Å². The average Bonchev–Trinajstić information content (AvgIpc) is 2.59. The zero-order valence-electron chi connectivity index (χ0n) is 13.0. The highest BCUT2D eigenvalue weighted by Gasteiger charge is 2.13. The molecule has 2 aromatic heterocycles. The van der Waals surface area contributed by atoms with E-state index in [4.69, 9.17) is 4.74 Å². The molecule has 0 aliphatic rings. The molecule has 2 heterocycles. The molecule has 23 heavy (non-hydrogen) atoms. The molecule has 0 fully saturated rings. The Balaban J connectivity index is 1.81. The Kier molecular flexibility index (Phi) is 4.15. The van der Waals surface area contributed by atoms with Gasteiger partial charge in [0, 0.05) is 12.4 Å². The minimum absolute atomic E-state index is 0.410. The summed E-state index contributed by atoms with van der Waals surface area (Å²) in [5, 5.41) is 0. The van der Waals surface area contributed by atoms with Gasteiger partial charge in [0.2, 0.25) is 0 Å². The van der Waals surface area contributed by atoms with Crippen molar-refractivity contribution in [2.45, 2.75) is 13.8 Å². The lowest BCUT2D eigenvalue weighted by molar-refractivity contribution is 0.0732. The molecule has 0 spiro atoms. The number of aromatic nitrogens is 2. The third-order valence-corrected chi connectivity index (χ3v) is 3.53. The van der Waals surface area contributed by atoms with E-state index in [1.807, 2.05) is 50.2 Å². The molecule has 0 unspecified atom stereocenters. The van der Waals surface area contributed by atoms with Gasteiger partial charge in [-0.2, -0.15) is 0 Å². The van der Waals surface area contributed by atoms with Crippen LogP contribution in [0.2, 0.25) is 0 Å². The molecule has 0 aliphatic carbocycles. The molecule has 0 atom stereocenters. The fraction of sp³-hybridized carbons (Fsp3) is 0.105. The molecular formula is C19H16N2O2. The summed E-state index contributed by atoms with van der Waals surface area (Å²) in [6.07, 6.45) is 3.22. The van der Waals surface area contributed by atoms with Gasteiger partial charge in [-0.05, 0) is 49.2 Å². The van der Waals surface area contributed by atoms with Gasteiger partial charge >= 0.3 is 5.97 Å². The lowest BCUT2D eigenvalue weighted by Gasteiger charge is -2.10. The topological polar surface area (TPSA) is 52.1 Å². The van der Waals surface area contributed by atoms with Gasteiger partial charge in [0.05, 0.1) is 17.0 Å². The largest absolute Gasteiger partial charge is 0.422 e. The highest BCUT2D eigenvalue weighted by atomic mass is 16.5. The molecule has 0 amide bonds. The molecule has 3 rings (SSSR count). The van der Waals surface area contributed by atoms with Gasteiger partial charge in [-0.25, -0.2) is 4.79 Å². The Bertz CT molecular complexity index is 807. The summed E-state index contributed by atoms with van der Waals surface area (Å²) in [7, 11) is 0. The van der Waals surface area contributed by atoms with Gasteiger partial charge < -0.3 is 4.74 Å². The zero-order valence-corrected chi connectivity index (χ0v) is 13.0.